The first-order chi connectivity index (χ1) is 41.1. The van der Waals surface area contributed by atoms with E-state index in [-0.39, 0.29) is 0 Å². The third-order valence-electron chi connectivity index (χ3n) is 14.8. The number of phosphoric ester groups is 1. The van der Waals surface area contributed by atoms with Gasteiger partial charge in [-0.2, -0.15) is 0 Å². The predicted octanol–water partition coefficient (Wildman–Crippen LogP) is 11.2. The van der Waals surface area contributed by atoms with Crippen molar-refractivity contribution in [3.05, 3.63) is 0 Å². The van der Waals surface area contributed by atoms with E-state index >= 15 is 4.57 Å². The highest BCUT2D eigenvalue weighted by Gasteiger charge is 2.48. The molecule has 0 amide bonds. The van der Waals surface area contributed by atoms with Crippen LogP contribution in [0.15, 0.2) is 0 Å². The normalized spacial score (nSPS) is 23.7. The van der Waals surface area contributed by atoms with Gasteiger partial charge in [0, 0.05) is 42.7 Å². The molecule has 0 fully saturated rings. The van der Waals surface area contributed by atoms with Gasteiger partial charge in [-0.1, -0.05) is 0 Å². The van der Waals surface area contributed by atoms with Gasteiger partial charge in [-0.05, 0) is 187 Å². The number of hydrogen-bond donors (Lipinski definition) is 0. The van der Waals surface area contributed by atoms with Gasteiger partial charge >= 0.3 is 7.82 Å². The van der Waals surface area contributed by atoms with Crippen LogP contribution >= 0.6 is 7.82 Å². The summed E-state index contributed by atoms with van der Waals surface area (Å²) in [5.41, 5.74) is -3.89. The van der Waals surface area contributed by atoms with Crippen LogP contribution in [0.3, 0.4) is 0 Å². The summed E-state index contributed by atoms with van der Waals surface area (Å²) < 4.78 is 177. The van der Waals surface area contributed by atoms with Crippen molar-refractivity contribution in [3.8, 4) is 0 Å². The Bertz CT molecular complexity index is 1570. The van der Waals surface area contributed by atoms with E-state index in [1.54, 1.807) is 166 Å². The molecule has 0 aromatic rings. The van der Waals surface area contributed by atoms with Gasteiger partial charge in [0.05, 0.1) is 36.6 Å². The minimum Gasteiger partial charge on any atom is -0.356 e. The topological polar surface area (TPSA) is 266 Å². The van der Waals surface area contributed by atoms with Gasteiger partial charge in [0.15, 0.2) is 113 Å². The number of phosphoric acid groups is 1. The summed E-state index contributed by atoms with van der Waals surface area (Å²) in [5, 5.41) is 0. The molecular formula is C60H123O28P. The fourth-order valence-corrected chi connectivity index (χ4v) is 10.3. The largest absolute Gasteiger partial charge is 0.481 e. The quantitative estimate of drug-likeness (QED) is 0.0404. The third-order valence-corrected chi connectivity index (χ3v) is 16.4. The van der Waals surface area contributed by atoms with Crippen LogP contribution in [-0.2, 0) is 132 Å². The molecule has 0 saturated heterocycles. The van der Waals surface area contributed by atoms with Crippen LogP contribution < -0.4 is 0 Å². The Balaban J connectivity index is 7.44. The molecule has 0 aromatic heterocycles. The molecular weight excluding hydrogens is 1200 g/mol. The second-order valence-corrected chi connectivity index (χ2v) is 23.7. The lowest BCUT2D eigenvalue weighted by Gasteiger charge is -2.43. The molecule has 0 rings (SSSR count). The molecule has 0 aromatic carbocycles. The Morgan fingerprint density at radius 2 is 0.337 bits per heavy atom. The zero-order chi connectivity index (χ0) is 68.9. The minimum absolute atomic E-state index is 0.576. The van der Waals surface area contributed by atoms with E-state index in [1.807, 2.05) is 0 Å². The van der Waals surface area contributed by atoms with E-state index in [2.05, 4.69) is 0 Å². The lowest BCUT2D eigenvalue weighted by molar-refractivity contribution is -0.335. The first kappa shape index (κ1) is 88.2. The maximum Gasteiger partial charge on any atom is 0.481 e. The maximum atomic E-state index is 15.4. The SMILES string of the molecule is COC(C)OC(C)OC(C)C(C)(OC(C)OC(C)OP(=O)(OC(C)OC(C)OC(C)(C(C)OC(C)OC(C)OC)C(C)OC(C)OC(C)OC)OC(C)OC(C)OC(C)(C(C)OC(C)OC(C)OC)C(C)OC(C)OC(C)OC)C(C)OC(C)OC(C)OC. The molecule has 0 heterocycles. The Morgan fingerprint density at radius 1 is 0.202 bits per heavy atom. The smallest absolute Gasteiger partial charge is 0.356 e. The van der Waals surface area contributed by atoms with Gasteiger partial charge in [-0.25, -0.2) is 4.57 Å². The third kappa shape index (κ3) is 33.6. The van der Waals surface area contributed by atoms with Crippen molar-refractivity contribution in [2.75, 3.05) is 42.7 Å². The summed E-state index contributed by atoms with van der Waals surface area (Å²) in [6.45, 7) is 46.2. The van der Waals surface area contributed by atoms with Crippen molar-refractivity contribution in [1.82, 2.24) is 0 Å². The van der Waals surface area contributed by atoms with Crippen molar-refractivity contribution in [2.45, 2.75) is 354 Å². The monoisotopic (exact) mass is 1320 g/mol. The number of rotatable bonds is 54. The molecule has 29 heteroatoms. The van der Waals surface area contributed by atoms with Crippen molar-refractivity contribution in [1.29, 1.82) is 0 Å². The zero-order valence-corrected chi connectivity index (χ0v) is 61.1. The van der Waals surface area contributed by atoms with Crippen molar-refractivity contribution in [3.63, 3.8) is 0 Å². The Labute approximate surface area is 534 Å². The summed E-state index contributed by atoms with van der Waals surface area (Å²) in [7, 11) is 4.22. The van der Waals surface area contributed by atoms with Gasteiger partial charge in [0.25, 0.3) is 0 Å². The molecule has 0 aliphatic carbocycles. The first-order valence-electron chi connectivity index (χ1n) is 30.8. The Kier molecular flexibility index (Phi) is 42.9. The first-order valence-corrected chi connectivity index (χ1v) is 32.2. The molecule has 0 N–H and O–H groups in total. The molecule has 24 atom stereocenters. The van der Waals surface area contributed by atoms with E-state index in [0.29, 0.717) is 0 Å². The van der Waals surface area contributed by atoms with E-state index < -0.39 is 174 Å². The fourth-order valence-electron chi connectivity index (χ4n) is 8.91. The molecule has 536 valence electrons. The molecule has 28 nitrogen and oxygen atoms in total. The van der Waals surface area contributed by atoms with Crippen molar-refractivity contribution in [2.24, 2.45) is 0 Å². The van der Waals surface area contributed by atoms with Crippen LogP contribution in [0.2, 0.25) is 0 Å². The predicted molar refractivity (Wildman–Crippen MR) is 325 cm³/mol. The lowest BCUT2D eigenvalue weighted by atomic mass is 9.93. The molecule has 0 aliphatic heterocycles. The van der Waals surface area contributed by atoms with Crippen molar-refractivity contribution >= 4 is 7.82 Å². The average molecular weight is 1320 g/mol. The highest BCUT2D eigenvalue weighted by atomic mass is 31.2. The van der Waals surface area contributed by atoms with Crippen LogP contribution in [0, 0.1) is 0 Å². The van der Waals surface area contributed by atoms with Gasteiger partial charge in [-0.3, -0.25) is 13.6 Å². The van der Waals surface area contributed by atoms with Crippen molar-refractivity contribution < 1.29 is 132 Å². The molecule has 0 aliphatic rings. The summed E-state index contributed by atoms with van der Waals surface area (Å²) in [6.07, 6.45) is -19.9. The lowest BCUT2D eigenvalue weighted by Crippen LogP contribution is -2.55. The number of ether oxygens (including phenoxy) is 24. The van der Waals surface area contributed by atoms with E-state index in [9.17, 15) is 0 Å². The summed E-state index contributed by atoms with van der Waals surface area (Å²) >= 11 is 0. The number of hydrogen-bond acceptors (Lipinski definition) is 28. The molecule has 24 unspecified atom stereocenters. The molecule has 0 radical (unpaired) electrons. The maximum absolute atomic E-state index is 15.4. The highest BCUT2D eigenvalue weighted by Crippen LogP contribution is 2.53. The fraction of sp³-hybridized carbons (Fsp3) is 1.00. The van der Waals surface area contributed by atoms with Crippen LogP contribution in [0.5, 0.6) is 0 Å². The molecule has 0 spiro atoms. The second kappa shape index (κ2) is 43.4. The number of methoxy groups -OCH3 is 6. The zero-order valence-electron chi connectivity index (χ0n) is 60.2. The van der Waals surface area contributed by atoms with Crippen LogP contribution in [-0.4, -0.2) is 209 Å². The molecule has 0 saturated carbocycles. The summed E-state index contributed by atoms with van der Waals surface area (Å²) in [5.74, 6) is 0. The Hall–Kier alpha value is -0.850. The standard InChI is InChI=1S/C60H123O28P/c1-34(68-46(13)74-40(7)62-28)58(25,35(2)69-47(14)75-41(8)63-29)83-52(19)80-55(22)86-89(61,87-56(23)81-53(20)84-59(26,36(3)70-48(15)76-42(9)64-30)37(4)71-49(16)77-43(10)65-31)88-57(24)82-54(21)85-60(27,38(5)72-50(17)78-44(11)66-32)39(6)73-51(18)79-45(12)67-33/h34-57H,1-33H3. The summed E-state index contributed by atoms with van der Waals surface area (Å²) in [6, 6.07) is 0. The van der Waals surface area contributed by atoms with Crippen LogP contribution in [0.1, 0.15) is 187 Å². The average Bonchev–Trinajstić information content (AvgIpc) is 1.40. The highest BCUT2D eigenvalue weighted by molar-refractivity contribution is 7.48. The van der Waals surface area contributed by atoms with Crippen LogP contribution in [0.25, 0.3) is 0 Å². The van der Waals surface area contributed by atoms with E-state index in [1.165, 1.54) is 63.4 Å². The molecule has 0 bridgehead atoms. The van der Waals surface area contributed by atoms with Gasteiger partial charge in [-0.15, -0.1) is 0 Å². The Morgan fingerprint density at radius 3 is 0.472 bits per heavy atom. The van der Waals surface area contributed by atoms with Gasteiger partial charge < -0.3 is 114 Å². The van der Waals surface area contributed by atoms with E-state index in [4.69, 9.17) is 127 Å². The van der Waals surface area contributed by atoms with Gasteiger partial charge in [0.2, 0.25) is 0 Å². The second-order valence-electron chi connectivity index (χ2n) is 22.2. The van der Waals surface area contributed by atoms with Gasteiger partial charge in [0.1, 0.15) is 16.8 Å². The van der Waals surface area contributed by atoms with Crippen LogP contribution in [0.4, 0.5) is 0 Å². The van der Waals surface area contributed by atoms with E-state index in [0.717, 1.165) is 0 Å². The minimum atomic E-state index is -4.90. The summed E-state index contributed by atoms with van der Waals surface area (Å²) in [4.78, 5) is 0. The molecule has 89 heavy (non-hydrogen) atoms.